The quantitative estimate of drug-likeness (QED) is 0.630. The van der Waals surface area contributed by atoms with Crippen LogP contribution < -0.4 is 0 Å². The lowest BCUT2D eigenvalue weighted by atomic mass is 10.2. The Labute approximate surface area is 102 Å². The first kappa shape index (κ1) is 14.1. The maximum absolute atomic E-state index is 9.77. The first-order valence-corrected chi connectivity index (χ1v) is 5.89. The van der Waals surface area contributed by atoms with E-state index in [1.54, 1.807) is 7.11 Å². The van der Waals surface area contributed by atoms with Gasteiger partial charge in [0.05, 0.1) is 25.9 Å². The number of hydrogen-bond donors (Lipinski definition) is 1. The minimum Gasteiger partial charge on any atom is -0.390 e. The second-order valence-electron chi connectivity index (χ2n) is 3.83. The van der Waals surface area contributed by atoms with Crippen molar-refractivity contribution in [2.75, 3.05) is 26.9 Å². The van der Waals surface area contributed by atoms with Gasteiger partial charge in [0, 0.05) is 20.1 Å². The monoisotopic (exact) mass is 243 g/mol. The number of ether oxygens (including phenoxy) is 2. The maximum Gasteiger partial charge on any atom is 0.138 e. The van der Waals surface area contributed by atoms with Gasteiger partial charge in [-0.2, -0.15) is 5.10 Å². The lowest BCUT2D eigenvalue weighted by Crippen LogP contribution is -2.22. The Morgan fingerprint density at radius 1 is 1.47 bits per heavy atom. The maximum atomic E-state index is 9.77. The molecule has 1 aromatic heterocycles. The minimum atomic E-state index is -0.549. The summed E-state index contributed by atoms with van der Waals surface area (Å²) in [5.41, 5.74) is 0. The molecule has 1 atom stereocenters. The molecular weight excluding hydrogens is 222 g/mol. The SMILES string of the molecule is CCCn1ncnc1CC(O)COCCOC. The van der Waals surface area contributed by atoms with E-state index in [4.69, 9.17) is 9.47 Å². The van der Waals surface area contributed by atoms with E-state index in [0.717, 1.165) is 18.8 Å². The molecule has 0 saturated heterocycles. The highest BCUT2D eigenvalue weighted by Crippen LogP contribution is 2.01. The Kier molecular flexibility index (Phi) is 6.76. The number of rotatable bonds is 9. The Morgan fingerprint density at radius 2 is 2.29 bits per heavy atom. The largest absolute Gasteiger partial charge is 0.390 e. The number of hydrogen-bond acceptors (Lipinski definition) is 5. The normalized spacial score (nSPS) is 12.9. The summed E-state index contributed by atoms with van der Waals surface area (Å²) in [6.07, 6.45) is 2.43. The van der Waals surface area contributed by atoms with Gasteiger partial charge in [0.1, 0.15) is 12.2 Å². The van der Waals surface area contributed by atoms with E-state index in [9.17, 15) is 5.11 Å². The summed E-state index contributed by atoms with van der Waals surface area (Å²) in [5.74, 6) is 0.801. The molecule has 17 heavy (non-hydrogen) atoms. The molecule has 98 valence electrons. The van der Waals surface area contributed by atoms with Crippen molar-refractivity contribution in [3.63, 3.8) is 0 Å². The predicted molar refractivity (Wildman–Crippen MR) is 62.7 cm³/mol. The van der Waals surface area contributed by atoms with Gasteiger partial charge in [0.25, 0.3) is 0 Å². The summed E-state index contributed by atoms with van der Waals surface area (Å²) in [5, 5.41) is 13.9. The predicted octanol–water partition coefficient (Wildman–Crippen LogP) is 0.254. The first-order chi connectivity index (χ1) is 8.27. The van der Waals surface area contributed by atoms with Crippen LogP contribution in [0, 0.1) is 0 Å². The van der Waals surface area contributed by atoms with Crippen molar-refractivity contribution >= 4 is 0 Å². The smallest absolute Gasteiger partial charge is 0.138 e. The highest BCUT2D eigenvalue weighted by molar-refractivity contribution is 4.87. The van der Waals surface area contributed by atoms with E-state index in [1.807, 2.05) is 4.68 Å². The molecule has 1 aromatic rings. The molecule has 0 fully saturated rings. The number of nitrogens with zero attached hydrogens (tertiary/aromatic N) is 3. The van der Waals surface area contributed by atoms with Gasteiger partial charge in [-0.05, 0) is 6.42 Å². The third-order valence-corrected chi connectivity index (χ3v) is 2.29. The number of aromatic nitrogens is 3. The van der Waals surface area contributed by atoms with Crippen LogP contribution >= 0.6 is 0 Å². The van der Waals surface area contributed by atoms with Gasteiger partial charge >= 0.3 is 0 Å². The molecule has 0 saturated carbocycles. The molecule has 0 aliphatic heterocycles. The topological polar surface area (TPSA) is 69.4 Å². The van der Waals surface area contributed by atoms with Gasteiger partial charge in [-0.25, -0.2) is 4.98 Å². The molecule has 6 nitrogen and oxygen atoms in total. The first-order valence-electron chi connectivity index (χ1n) is 5.89. The molecule has 0 aliphatic carbocycles. The molecule has 0 spiro atoms. The Hall–Kier alpha value is -0.980. The van der Waals surface area contributed by atoms with Crippen LogP contribution in [0.5, 0.6) is 0 Å². The fourth-order valence-corrected chi connectivity index (χ4v) is 1.48. The molecule has 0 aliphatic rings. The molecule has 1 unspecified atom stereocenters. The van der Waals surface area contributed by atoms with Gasteiger partial charge in [-0.1, -0.05) is 6.92 Å². The second-order valence-corrected chi connectivity index (χ2v) is 3.83. The second kappa shape index (κ2) is 8.16. The zero-order valence-corrected chi connectivity index (χ0v) is 10.5. The highest BCUT2D eigenvalue weighted by Gasteiger charge is 2.11. The van der Waals surface area contributed by atoms with Crippen molar-refractivity contribution in [1.29, 1.82) is 0 Å². The van der Waals surface area contributed by atoms with E-state index in [1.165, 1.54) is 6.33 Å². The zero-order chi connectivity index (χ0) is 12.5. The molecular formula is C11H21N3O3. The van der Waals surface area contributed by atoms with E-state index in [0.29, 0.717) is 26.2 Å². The molecule has 1 heterocycles. The van der Waals surface area contributed by atoms with Gasteiger partial charge in [-0.3, -0.25) is 4.68 Å². The summed E-state index contributed by atoms with van der Waals surface area (Å²) in [6, 6.07) is 0. The number of aliphatic hydroxyl groups is 1. The Balaban J connectivity index is 2.29. The van der Waals surface area contributed by atoms with Crippen LogP contribution in [0.2, 0.25) is 0 Å². The highest BCUT2D eigenvalue weighted by atomic mass is 16.5. The summed E-state index contributed by atoms with van der Waals surface area (Å²) in [4.78, 5) is 4.13. The third kappa shape index (κ3) is 5.25. The molecule has 0 aromatic carbocycles. The lowest BCUT2D eigenvalue weighted by molar-refractivity contribution is 0.0126. The number of aliphatic hydroxyl groups excluding tert-OH is 1. The van der Waals surface area contributed by atoms with Crippen LogP contribution in [0.4, 0.5) is 0 Å². The zero-order valence-electron chi connectivity index (χ0n) is 10.5. The van der Waals surface area contributed by atoms with E-state index < -0.39 is 6.10 Å². The Bertz CT molecular complexity index is 304. The molecule has 1 rings (SSSR count). The summed E-state index contributed by atoms with van der Waals surface area (Å²) in [6.45, 7) is 4.23. The van der Waals surface area contributed by atoms with Crippen LogP contribution in [-0.2, 0) is 22.4 Å². The third-order valence-electron chi connectivity index (χ3n) is 2.29. The van der Waals surface area contributed by atoms with Gasteiger partial charge < -0.3 is 14.6 Å². The number of aryl methyl sites for hydroxylation is 1. The minimum absolute atomic E-state index is 0.294. The van der Waals surface area contributed by atoms with Gasteiger partial charge in [-0.15, -0.1) is 0 Å². The summed E-state index contributed by atoms with van der Waals surface area (Å²) < 4.78 is 11.9. The van der Waals surface area contributed by atoms with E-state index in [2.05, 4.69) is 17.0 Å². The van der Waals surface area contributed by atoms with Crippen molar-refractivity contribution in [2.24, 2.45) is 0 Å². The molecule has 1 N–H and O–H groups in total. The van der Waals surface area contributed by atoms with Gasteiger partial charge in [0.15, 0.2) is 0 Å². The van der Waals surface area contributed by atoms with Crippen LogP contribution in [-0.4, -0.2) is 52.9 Å². The van der Waals surface area contributed by atoms with Crippen LogP contribution in [0.15, 0.2) is 6.33 Å². The van der Waals surface area contributed by atoms with Crippen molar-refractivity contribution in [3.05, 3.63) is 12.2 Å². The van der Waals surface area contributed by atoms with Crippen LogP contribution in [0.3, 0.4) is 0 Å². The van der Waals surface area contributed by atoms with Crippen molar-refractivity contribution < 1.29 is 14.6 Å². The van der Waals surface area contributed by atoms with Crippen LogP contribution in [0.25, 0.3) is 0 Å². The average Bonchev–Trinajstić information content (AvgIpc) is 2.73. The van der Waals surface area contributed by atoms with Gasteiger partial charge in [0.2, 0.25) is 0 Å². The van der Waals surface area contributed by atoms with E-state index >= 15 is 0 Å². The Morgan fingerprint density at radius 3 is 3.00 bits per heavy atom. The number of methoxy groups -OCH3 is 1. The van der Waals surface area contributed by atoms with E-state index in [-0.39, 0.29) is 0 Å². The van der Waals surface area contributed by atoms with Crippen molar-refractivity contribution in [1.82, 2.24) is 14.8 Å². The fourth-order valence-electron chi connectivity index (χ4n) is 1.48. The summed E-state index contributed by atoms with van der Waals surface area (Å²) >= 11 is 0. The standard InChI is InChI=1S/C11H21N3O3/c1-3-4-14-11(12-9-13-14)7-10(15)8-17-6-5-16-2/h9-10,15H,3-8H2,1-2H3. The summed E-state index contributed by atoms with van der Waals surface area (Å²) in [7, 11) is 1.62. The molecule has 0 bridgehead atoms. The molecule has 6 heteroatoms. The molecule has 0 amide bonds. The fraction of sp³-hybridized carbons (Fsp3) is 0.818. The average molecular weight is 243 g/mol. The lowest BCUT2D eigenvalue weighted by Gasteiger charge is -2.11. The van der Waals surface area contributed by atoms with Crippen LogP contribution in [0.1, 0.15) is 19.2 Å². The molecule has 0 radical (unpaired) electrons. The van der Waals surface area contributed by atoms with Crippen molar-refractivity contribution in [2.45, 2.75) is 32.4 Å². The van der Waals surface area contributed by atoms with Crippen molar-refractivity contribution in [3.8, 4) is 0 Å².